The highest BCUT2D eigenvalue weighted by atomic mass is 35.5. The van der Waals surface area contributed by atoms with Crippen molar-refractivity contribution in [3.63, 3.8) is 0 Å². The fourth-order valence-electron chi connectivity index (χ4n) is 2.13. The molecule has 5 nitrogen and oxygen atoms in total. The molecule has 0 saturated heterocycles. The van der Waals surface area contributed by atoms with Gasteiger partial charge in [0.25, 0.3) is 0 Å². The lowest BCUT2D eigenvalue weighted by Crippen LogP contribution is -2.02. The molecule has 0 aliphatic carbocycles. The second-order valence-electron chi connectivity index (χ2n) is 5.16. The summed E-state index contributed by atoms with van der Waals surface area (Å²) in [6.45, 7) is 1.90. The molecule has 118 valence electrons. The predicted molar refractivity (Wildman–Crippen MR) is 95.9 cm³/mol. The van der Waals surface area contributed by atoms with Gasteiger partial charge in [-0.2, -0.15) is 10.2 Å². The molecule has 0 spiro atoms. The van der Waals surface area contributed by atoms with Crippen molar-refractivity contribution in [3.05, 3.63) is 70.9 Å². The van der Waals surface area contributed by atoms with Crippen LogP contribution in [0.25, 0.3) is 0 Å². The van der Waals surface area contributed by atoms with Crippen molar-refractivity contribution in [1.29, 1.82) is 5.26 Å². The molecular weight excluding hydrogens is 322 g/mol. The summed E-state index contributed by atoms with van der Waals surface area (Å²) in [4.78, 5) is 8.84. The summed E-state index contributed by atoms with van der Waals surface area (Å²) in [5, 5.41) is 15.9. The van der Waals surface area contributed by atoms with E-state index in [1.165, 1.54) is 0 Å². The minimum atomic E-state index is 0.483. The molecule has 24 heavy (non-hydrogen) atoms. The maximum Gasteiger partial charge on any atom is 0.229 e. The monoisotopic (exact) mass is 335 g/mol. The van der Waals surface area contributed by atoms with Gasteiger partial charge >= 0.3 is 0 Å². The van der Waals surface area contributed by atoms with Crippen molar-refractivity contribution in [1.82, 2.24) is 9.97 Å². The minimum Gasteiger partial charge on any atom is -0.340 e. The van der Waals surface area contributed by atoms with Crippen molar-refractivity contribution in [3.8, 4) is 6.07 Å². The lowest BCUT2D eigenvalue weighted by molar-refractivity contribution is 1.11. The number of anilines is 4. The molecule has 3 rings (SSSR count). The second kappa shape index (κ2) is 6.99. The summed E-state index contributed by atoms with van der Waals surface area (Å²) in [6.07, 6.45) is 0. The van der Waals surface area contributed by atoms with Crippen molar-refractivity contribution in [2.45, 2.75) is 6.92 Å². The molecule has 0 radical (unpaired) electrons. The van der Waals surface area contributed by atoms with E-state index in [0.29, 0.717) is 22.4 Å². The van der Waals surface area contributed by atoms with Crippen LogP contribution in [0.2, 0.25) is 5.02 Å². The van der Waals surface area contributed by atoms with E-state index in [2.05, 4.69) is 26.7 Å². The average molecular weight is 336 g/mol. The molecule has 0 bridgehead atoms. The second-order valence-corrected chi connectivity index (χ2v) is 5.60. The molecule has 0 unspecified atom stereocenters. The van der Waals surface area contributed by atoms with Gasteiger partial charge in [0.15, 0.2) is 0 Å². The molecule has 2 aromatic carbocycles. The normalized spacial score (nSPS) is 10.0. The zero-order valence-electron chi connectivity index (χ0n) is 12.9. The Morgan fingerprint density at radius 2 is 1.54 bits per heavy atom. The molecule has 3 aromatic rings. The van der Waals surface area contributed by atoms with E-state index in [0.717, 1.165) is 17.1 Å². The van der Waals surface area contributed by atoms with Crippen molar-refractivity contribution < 1.29 is 0 Å². The number of aryl methyl sites for hydroxylation is 1. The van der Waals surface area contributed by atoms with E-state index < -0.39 is 0 Å². The number of hydrogen-bond donors (Lipinski definition) is 2. The Bertz CT molecular complexity index is 883. The quantitative estimate of drug-likeness (QED) is 0.716. The van der Waals surface area contributed by atoms with Crippen LogP contribution in [0.4, 0.5) is 23.1 Å². The lowest BCUT2D eigenvalue weighted by atomic mass is 10.2. The van der Waals surface area contributed by atoms with Crippen LogP contribution in [0.15, 0.2) is 54.6 Å². The molecule has 0 saturated carbocycles. The Labute approximate surface area is 145 Å². The Hall–Kier alpha value is -3.10. The van der Waals surface area contributed by atoms with E-state index in [1.807, 2.05) is 49.4 Å². The SMILES string of the molecule is Cc1cc(Nc2ccc(Cl)cc2)nc(Nc2ccc(C#N)cc2)n1. The van der Waals surface area contributed by atoms with Gasteiger partial charge in [0.2, 0.25) is 5.95 Å². The third kappa shape index (κ3) is 4.00. The van der Waals surface area contributed by atoms with Crippen LogP contribution >= 0.6 is 11.6 Å². The average Bonchev–Trinajstić information content (AvgIpc) is 2.57. The first-order valence-corrected chi connectivity index (χ1v) is 7.66. The Balaban J connectivity index is 1.80. The maximum absolute atomic E-state index is 8.84. The molecule has 2 N–H and O–H groups in total. The molecule has 0 atom stereocenters. The molecule has 0 aliphatic heterocycles. The molecular formula is C18H14ClN5. The number of nitriles is 1. The third-order valence-electron chi connectivity index (χ3n) is 3.24. The number of rotatable bonds is 4. The smallest absolute Gasteiger partial charge is 0.229 e. The zero-order valence-corrected chi connectivity index (χ0v) is 13.7. The maximum atomic E-state index is 8.84. The summed E-state index contributed by atoms with van der Waals surface area (Å²) in [5.41, 5.74) is 3.15. The van der Waals surface area contributed by atoms with Gasteiger partial charge in [-0.15, -0.1) is 0 Å². The molecule has 6 heteroatoms. The Kier molecular flexibility index (Phi) is 4.59. The fourth-order valence-corrected chi connectivity index (χ4v) is 2.25. The van der Waals surface area contributed by atoms with Crippen LogP contribution in [-0.4, -0.2) is 9.97 Å². The van der Waals surface area contributed by atoms with Crippen LogP contribution in [0.3, 0.4) is 0 Å². The van der Waals surface area contributed by atoms with E-state index in [9.17, 15) is 0 Å². The highest BCUT2D eigenvalue weighted by Gasteiger charge is 2.04. The van der Waals surface area contributed by atoms with Gasteiger partial charge in [0.05, 0.1) is 11.6 Å². The number of hydrogen-bond acceptors (Lipinski definition) is 5. The standard InChI is InChI=1S/C18H14ClN5/c1-12-10-17(22-15-8-4-14(19)5-9-15)24-18(21-12)23-16-6-2-13(11-20)3-7-16/h2-10H,1H3,(H2,21,22,23,24). The minimum absolute atomic E-state index is 0.483. The molecule has 0 amide bonds. The van der Waals surface area contributed by atoms with Gasteiger partial charge in [-0.1, -0.05) is 11.6 Å². The molecule has 1 aromatic heterocycles. The molecule has 0 fully saturated rings. The Morgan fingerprint density at radius 1 is 0.917 bits per heavy atom. The van der Waals surface area contributed by atoms with Crippen LogP contribution in [0, 0.1) is 18.3 Å². The van der Waals surface area contributed by atoms with Crippen LogP contribution in [0.5, 0.6) is 0 Å². The fraction of sp³-hybridized carbons (Fsp3) is 0.0556. The summed E-state index contributed by atoms with van der Waals surface area (Å²) in [7, 11) is 0. The Morgan fingerprint density at radius 3 is 2.21 bits per heavy atom. The first-order chi connectivity index (χ1) is 11.6. The van der Waals surface area contributed by atoms with E-state index in [1.54, 1.807) is 12.1 Å². The highest BCUT2D eigenvalue weighted by Crippen LogP contribution is 2.20. The third-order valence-corrected chi connectivity index (χ3v) is 3.49. The molecule has 1 heterocycles. The zero-order chi connectivity index (χ0) is 16.9. The summed E-state index contributed by atoms with van der Waals surface area (Å²) in [5.74, 6) is 1.16. The van der Waals surface area contributed by atoms with Crippen LogP contribution in [-0.2, 0) is 0 Å². The van der Waals surface area contributed by atoms with Gasteiger partial charge < -0.3 is 10.6 Å². The van der Waals surface area contributed by atoms with Gasteiger partial charge in [0.1, 0.15) is 5.82 Å². The first-order valence-electron chi connectivity index (χ1n) is 7.28. The van der Waals surface area contributed by atoms with Crippen molar-refractivity contribution in [2.24, 2.45) is 0 Å². The van der Waals surface area contributed by atoms with Gasteiger partial charge in [-0.3, -0.25) is 0 Å². The predicted octanol–water partition coefficient (Wildman–Crippen LogP) is 4.80. The van der Waals surface area contributed by atoms with Crippen molar-refractivity contribution >= 4 is 34.7 Å². The number of aromatic nitrogens is 2. The van der Waals surface area contributed by atoms with Crippen LogP contribution < -0.4 is 10.6 Å². The van der Waals surface area contributed by atoms with Crippen LogP contribution in [0.1, 0.15) is 11.3 Å². The largest absolute Gasteiger partial charge is 0.340 e. The van der Waals surface area contributed by atoms with E-state index in [-0.39, 0.29) is 0 Å². The summed E-state index contributed by atoms with van der Waals surface area (Å²) >= 11 is 5.89. The first kappa shape index (κ1) is 15.8. The highest BCUT2D eigenvalue weighted by molar-refractivity contribution is 6.30. The van der Waals surface area contributed by atoms with Gasteiger partial charge in [-0.25, -0.2) is 4.98 Å². The number of nitrogens with zero attached hydrogens (tertiary/aromatic N) is 3. The topological polar surface area (TPSA) is 73.6 Å². The number of nitrogens with one attached hydrogen (secondary N) is 2. The summed E-state index contributed by atoms with van der Waals surface area (Å²) in [6, 6.07) is 18.5. The molecule has 0 aliphatic rings. The van der Waals surface area contributed by atoms with Crippen molar-refractivity contribution in [2.75, 3.05) is 10.6 Å². The van der Waals surface area contributed by atoms with Gasteiger partial charge in [-0.05, 0) is 55.5 Å². The number of halogens is 1. The summed E-state index contributed by atoms with van der Waals surface area (Å²) < 4.78 is 0. The van der Waals surface area contributed by atoms with E-state index >= 15 is 0 Å². The van der Waals surface area contributed by atoms with Gasteiger partial charge in [0, 0.05) is 28.2 Å². The lowest BCUT2D eigenvalue weighted by Gasteiger charge is -2.10. The number of benzene rings is 2. The van der Waals surface area contributed by atoms with E-state index in [4.69, 9.17) is 16.9 Å².